The maximum absolute atomic E-state index is 13.2. The Morgan fingerprint density at radius 3 is 2.75 bits per heavy atom. The van der Waals surface area contributed by atoms with Crippen molar-refractivity contribution in [2.24, 2.45) is 5.92 Å². The van der Waals surface area contributed by atoms with Gasteiger partial charge in [0.1, 0.15) is 0 Å². The fraction of sp³-hybridized carbons (Fsp3) is 0.750. The molecule has 6 nitrogen and oxygen atoms in total. The van der Waals surface area contributed by atoms with E-state index >= 15 is 0 Å². The van der Waals surface area contributed by atoms with Crippen LogP contribution in [0.3, 0.4) is 0 Å². The fourth-order valence-electron chi connectivity index (χ4n) is 2.72. The zero-order valence-corrected chi connectivity index (χ0v) is 14.6. The van der Waals surface area contributed by atoms with Crippen molar-refractivity contribution in [2.75, 3.05) is 26.7 Å². The molecule has 0 aromatic carbocycles. The molecule has 1 aliphatic rings. The summed E-state index contributed by atoms with van der Waals surface area (Å²) in [6, 6.07) is -0.291. The topological polar surface area (TPSA) is 59.4 Å². The Kier molecular flexibility index (Phi) is 6.28. The van der Waals surface area contributed by atoms with Gasteiger partial charge >= 0.3 is 0 Å². The second kappa shape index (κ2) is 8.02. The number of alkyl halides is 2. The number of aromatic nitrogens is 2. The normalized spacial score (nSPS) is 20.6. The van der Waals surface area contributed by atoms with Crippen LogP contribution in [-0.2, 0) is 11.3 Å². The highest BCUT2D eigenvalue weighted by atomic mass is 19.3. The van der Waals surface area contributed by atoms with Crippen molar-refractivity contribution in [3.8, 4) is 0 Å². The molecular weight excluding hydrogens is 318 g/mol. The van der Waals surface area contributed by atoms with Gasteiger partial charge in [0.2, 0.25) is 0 Å². The first-order valence-electron chi connectivity index (χ1n) is 8.24. The number of ether oxygens (including phenoxy) is 1. The summed E-state index contributed by atoms with van der Waals surface area (Å²) in [5, 5.41) is 6.81. The molecule has 1 aromatic heterocycles. The van der Waals surface area contributed by atoms with E-state index in [0.29, 0.717) is 19.7 Å². The van der Waals surface area contributed by atoms with E-state index in [1.165, 1.54) is 10.9 Å². The van der Waals surface area contributed by atoms with E-state index in [0.717, 1.165) is 6.54 Å². The van der Waals surface area contributed by atoms with E-state index in [1.54, 1.807) is 0 Å². The van der Waals surface area contributed by atoms with Crippen LogP contribution >= 0.6 is 0 Å². The number of carbonyl (C=O) groups is 1. The van der Waals surface area contributed by atoms with Gasteiger partial charge in [-0.1, -0.05) is 13.8 Å². The predicted molar refractivity (Wildman–Crippen MR) is 86.2 cm³/mol. The lowest BCUT2D eigenvalue weighted by atomic mass is 10.1. The zero-order chi connectivity index (χ0) is 17.9. The molecule has 2 heterocycles. The Morgan fingerprint density at radius 2 is 2.17 bits per heavy atom. The van der Waals surface area contributed by atoms with E-state index < -0.39 is 12.3 Å². The average Bonchev–Trinajstić information content (AvgIpc) is 2.90. The van der Waals surface area contributed by atoms with E-state index in [2.05, 4.69) is 15.3 Å². The maximum atomic E-state index is 13.2. The van der Waals surface area contributed by atoms with Gasteiger partial charge in [0.25, 0.3) is 12.3 Å². The van der Waals surface area contributed by atoms with Gasteiger partial charge in [-0.25, -0.2) is 8.78 Å². The van der Waals surface area contributed by atoms with Crippen LogP contribution in [0.5, 0.6) is 0 Å². The van der Waals surface area contributed by atoms with E-state index in [4.69, 9.17) is 4.74 Å². The number of morpholine rings is 1. The molecule has 8 heteroatoms. The molecule has 1 N–H and O–H groups in total. The fourth-order valence-corrected chi connectivity index (χ4v) is 2.72. The number of nitrogens with one attached hydrogen (secondary N) is 1. The minimum atomic E-state index is -2.74. The van der Waals surface area contributed by atoms with Gasteiger partial charge in [-0.15, -0.1) is 0 Å². The van der Waals surface area contributed by atoms with Crippen molar-refractivity contribution in [2.45, 2.75) is 45.9 Å². The van der Waals surface area contributed by atoms with Crippen molar-refractivity contribution in [1.82, 2.24) is 20.0 Å². The van der Waals surface area contributed by atoms with E-state index in [9.17, 15) is 13.6 Å². The van der Waals surface area contributed by atoms with Crippen LogP contribution in [0.15, 0.2) is 6.20 Å². The van der Waals surface area contributed by atoms with Gasteiger partial charge in [0.15, 0.2) is 5.69 Å². The highest BCUT2D eigenvalue weighted by molar-refractivity contribution is 5.94. The molecular formula is C16H26F2N4O2. The number of amides is 1. The predicted octanol–water partition coefficient (Wildman–Crippen LogP) is 1.93. The highest BCUT2D eigenvalue weighted by Crippen LogP contribution is 2.23. The minimum Gasteiger partial charge on any atom is -0.373 e. The molecule has 136 valence electrons. The molecule has 1 saturated heterocycles. The Balaban J connectivity index is 2.09. The van der Waals surface area contributed by atoms with Crippen molar-refractivity contribution < 1.29 is 18.3 Å². The second-order valence-electron chi connectivity index (χ2n) is 6.78. The Morgan fingerprint density at radius 1 is 1.46 bits per heavy atom. The molecule has 2 rings (SSSR count). The third-order valence-electron chi connectivity index (χ3n) is 4.01. The summed E-state index contributed by atoms with van der Waals surface area (Å²) in [5.41, 5.74) is -0.538. The monoisotopic (exact) mass is 344 g/mol. The number of nitrogens with zero attached hydrogens (tertiary/aromatic N) is 3. The van der Waals surface area contributed by atoms with Crippen LogP contribution in [0.2, 0.25) is 0 Å². The van der Waals surface area contributed by atoms with Gasteiger partial charge in [-0.3, -0.25) is 9.48 Å². The smallest absolute Gasteiger partial charge is 0.272 e. The van der Waals surface area contributed by atoms with Crippen LogP contribution in [0.4, 0.5) is 8.78 Å². The average molecular weight is 344 g/mol. The van der Waals surface area contributed by atoms with Crippen LogP contribution in [-0.4, -0.2) is 59.5 Å². The maximum Gasteiger partial charge on any atom is 0.272 e. The van der Waals surface area contributed by atoms with Crippen LogP contribution < -0.4 is 5.32 Å². The highest BCUT2D eigenvalue weighted by Gasteiger charge is 2.28. The number of hydrogen-bond acceptors (Lipinski definition) is 4. The molecule has 0 saturated carbocycles. The molecule has 0 radical (unpaired) electrons. The molecule has 1 fully saturated rings. The third kappa shape index (κ3) is 4.73. The van der Waals surface area contributed by atoms with Crippen molar-refractivity contribution in [3.63, 3.8) is 0 Å². The Bertz CT molecular complexity index is 562. The first kappa shape index (κ1) is 18.8. The molecule has 2 atom stereocenters. The Labute approximate surface area is 141 Å². The van der Waals surface area contributed by atoms with Gasteiger partial charge < -0.3 is 15.0 Å². The standard InChI is InChI=1S/C16H26F2N4O2/c1-10(2)7-22-8-12(15(17)18)14(20-22)16(23)19-11(3)13-9-21(4)5-6-24-13/h8,10-11,13,15H,5-7,9H2,1-4H3,(H,19,23)/t11-,13+/m1/s1. The van der Waals surface area contributed by atoms with Crippen LogP contribution in [0.25, 0.3) is 0 Å². The van der Waals surface area contributed by atoms with E-state index in [1.807, 2.05) is 27.8 Å². The van der Waals surface area contributed by atoms with Gasteiger partial charge in [0.05, 0.1) is 24.3 Å². The lowest BCUT2D eigenvalue weighted by molar-refractivity contribution is -0.0342. The minimum absolute atomic E-state index is 0.166. The number of carbonyl (C=O) groups excluding carboxylic acids is 1. The SMILES string of the molecule is CC(C)Cn1cc(C(F)F)c(C(=O)N[C@H](C)[C@@H]2CN(C)CCO2)n1. The first-order chi connectivity index (χ1) is 11.3. The zero-order valence-electron chi connectivity index (χ0n) is 14.6. The summed E-state index contributed by atoms with van der Waals surface area (Å²) in [7, 11) is 1.98. The van der Waals surface area contributed by atoms with Crippen molar-refractivity contribution >= 4 is 5.91 Å². The number of hydrogen-bond donors (Lipinski definition) is 1. The molecule has 0 unspecified atom stereocenters. The largest absolute Gasteiger partial charge is 0.373 e. The molecule has 24 heavy (non-hydrogen) atoms. The van der Waals surface area contributed by atoms with Gasteiger partial charge in [0, 0.05) is 25.8 Å². The summed E-state index contributed by atoms with van der Waals surface area (Å²) in [6.07, 6.45) is -1.64. The van der Waals surface area contributed by atoms with Crippen molar-refractivity contribution in [3.05, 3.63) is 17.5 Å². The first-order valence-corrected chi connectivity index (χ1v) is 8.24. The molecule has 1 aromatic rings. The summed E-state index contributed by atoms with van der Waals surface area (Å²) in [6.45, 7) is 8.34. The van der Waals surface area contributed by atoms with Crippen LogP contribution in [0.1, 0.15) is 43.2 Å². The number of rotatable bonds is 6. The summed E-state index contributed by atoms with van der Waals surface area (Å²) in [4.78, 5) is 14.5. The second-order valence-corrected chi connectivity index (χ2v) is 6.78. The van der Waals surface area contributed by atoms with E-state index in [-0.39, 0.29) is 29.3 Å². The molecule has 0 bridgehead atoms. The summed E-state index contributed by atoms with van der Waals surface area (Å²) < 4.78 is 33.5. The molecule has 0 spiro atoms. The summed E-state index contributed by atoms with van der Waals surface area (Å²) in [5.74, 6) is -0.339. The lowest BCUT2D eigenvalue weighted by Crippen LogP contribution is -2.51. The third-order valence-corrected chi connectivity index (χ3v) is 4.01. The lowest BCUT2D eigenvalue weighted by Gasteiger charge is -2.33. The van der Waals surface area contributed by atoms with Crippen LogP contribution in [0, 0.1) is 5.92 Å². The van der Waals surface area contributed by atoms with Crippen molar-refractivity contribution in [1.29, 1.82) is 0 Å². The number of halogens is 2. The van der Waals surface area contributed by atoms with Gasteiger partial charge in [-0.05, 0) is 19.9 Å². The number of likely N-dealkylation sites (N-methyl/N-ethyl adjacent to an activating group) is 1. The molecule has 1 aliphatic heterocycles. The Hall–Kier alpha value is -1.54. The summed E-state index contributed by atoms with van der Waals surface area (Å²) >= 11 is 0. The molecule has 0 aliphatic carbocycles. The quantitative estimate of drug-likeness (QED) is 0.857. The molecule has 1 amide bonds. The van der Waals surface area contributed by atoms with Gasteiger partial charge in [-0.2, -0.15) is 5.10 Å².